The summed E-state index contributed by atoms with van der Waals surface area (Å²) in [5.41, 5.74) is -0.245. The fourth-order valence-corrected chi connectivity index (χ4v) is 1.35. The molecule has 19 heavy (non-hydrogen) atoms. The van der Waals surface area contributed by atoms with Crippen molar-refractivity contribution in [3.05, 3.63) is 11.9 Å². The Hall–Kier alpha value is -1.40. The Bertz CT molecular complexity index is 396. The molecule has 1 heterocycles. The lowest BCUT2D eigenvalue weighted by atomic mass is 10.1. The maximum Gasteiger partial charge on any atom is 0.158 e. The van der Waals surface area contributed by atoms with E-state index in [1.165, 1.54) is 0 Å². The van der Waals surface area contributed by atoms with E-state index in [0.717, 1.165) is 11.6 Å². The second-order valence-corrected chi connectivity index (χ2v) is 4.76. The Morgan fingerprint density at radius 2 is 1.95 bits per heavy atom. The van der Waals surface area contributed by atoms with E-state index in [1.54, 1.807) is 7.11 Å². The zero-order chi connectivity index (χ0) is 14.3. The molecule has 1 rings (SSSR count). The molecule has 0 saturated carbocycles. The summed E-state index contributed by atoms with van der Waals surface area (Å²) in [4.78, 5) is 8.75. The lowest BCUT2D eigenvalue weighted by Crippen LogP contribution is -2.32. The topological polar surface area (TPSA) is 68.3 Å². The minimum Gasteiger partial charge on any atom is -0.377 e. The van der Waals surface area contributed by atoms with Crippen LogP contribution in [0.3, 0.4) is 0 Å². The van der Waals surface area contributed by atoms with Crippen molar-refractivity contribution >= 4 is 11.6 Å². The quantitative estimate of drug-likeness (QED) is 0.750. The van der Waals surface area contributed by atoms with Crippen molar-refractivity contribution in [2.24, 2.45) is 0 Å². The summed E-state index contributed by atoms with van der Waals surface area (Å²) in [6.45, 7) is 7.70. The summed E-state index contributed by atoms with van der Waals surface area (Å²) in [5.74, 6) is 2.19. The minimum atomic E-state index is -0.245. The molecular weight excluding hydrogens is 244 g/mol. The normalized spacial score (nSPS) is 11.4. The largest absolute Gasteiger partial charge is 0.377 e. The SMILES string of the molecule is CCOCc1nc(NC)cc(NCC(C)(C)OC)n1. The van der Waals surface area contributed by atoms with Crippen LogP contribution in [0.4, 0.5) is 11.6 Å². The van der Waals surface area contributed by atoms with Crippen LogP contribution in [0.2, 0.25) is 0 Å². The van der Waals surface area contributed by atoms with Crippen LogP contribution in [-0.2, 0) is 16.1 Å². The van der Waals surface area contributed by atoms with E-state index in [2.05, 4.69) is 20.6 Å². The predicted octanol–water partition coefficient (Wildman–Crippen LogP) is 1.89. The average Bonchev–Trinajstić information content (AvgIpc) is 2.42. The highest BCUT2D eigenvalue weighted by Gasteiger charge is 2.16. The van der Waals surface area contributed by atoms with Gasteiger partial charge in [-0.1, -0.05) is 0 Å². The number of nitrogens with zero attached hydrogens (tertiary/aromatic N) is 2. The zero-order valence-corrected chi connectivity index (χ0v) is 12.4. The van der Waals surface area contributed by atoms with Crippen LogP contribution in [0.5, 0.6) is 0 Å². The highest BCUT2D eigenvalue weighted by molar-refractivity contribution is 5.47. The summed E-state index contributed by atoms with van der Waals surface area (Å²) >= 11 is 0. The van der Waals surface area contributed by atoms with Gasteiger partial charge in [0.25, 0.3) is 0 Å². The summed E-state index contributed by atoms with van der Waals surface area (Å²) in [6.07, 6.45) is 0. The molecule has 1 aromatic rings. The molecule has 0 fully saturated rings. The van der Waals surface area contributed by atoms with Crippen LogP contribution < -0.4 is 10.6 Å². The number of anilines is 2. The highest BCUT2D eigenvalue weighted by atomic mass is 16.5. The first-order valence-electron chi connectivity index (χ1n) is 6.43. The second kappa shape index (κ2) is 7.25. The number of methoxy groups -OCH3 is 1. The minimum absolute atomic E-state index is 0.245. The summed E-state index contributed by atoms with van der Waals surface area (Å²) in [5, 5.41) is 6.27. The van der Waals surface area contributed by atoms with Gasteiger partial charge >= 0.3 is 0 Å². The van der Waals surface area contributed by atoms with Crippen molar-refractivity contribution < 1.29 is 9.47 Å². The molecule has 0 aliphatic rings. The van der Waals surface area contributed by atoms with Gasteiger partial charge < -0.3 is 20.1 Å². The molecule has 0 unspecified atom stereocenters. The number of hydrogen-bond donors (Lipinski definition) is 2. The van der Waals surface area contributed by atoms with Crippen molar-refractivity contribution in [1.82, 2.24) is 9.97 Å². The Balaban J connectivity index is 2.76. The molecule has 2 N–H and O–H groups in total. The molecule has 108 valence electrons. The molecule has 0 saturated heterocycles. The van der Waals surface area contributed by atoms with Crippen molar-refractivity contribution in [3.63, 3.8) is 0 Å². The number of aromatic nitrogens is 2. The molecule has 0 amide bonds. The monoisotopic (exact) mass is 268 g/mol. The van der Waals surface area contributed by atoms with Gasteiger partial charge in [-0.25, -0.2) is 9.97 Å². The van der Waals surface area contributed by atoms with E-state index in [0.29, 0.717) is 25.6 Å². The van der Waals surface area contributed by atoms with Crippen LogP contribution in [-0.4, -0.2) is 42.9 Å². The second-order valence-electron chi connectivity index (χ2n) is 4.76. The molecular formula is C13H24N4O2. The van der Waals surface area contributed by atoms with Gasteiger partial charge in [0.05, 0.1) is 5.60 Å². The maximum absolute atomic E-state index is 5.36. The predicted molar refractivity (Wildman–Crippen MR) is 76.5 cm³/mol. The van der Waals surface area contributed by atoms with E-state index >= 15 is 0 Å². The fourth-order valence-electron chi connectivity index (χ4n) is 1.35. The fraction of sp³-hybridized carbons (Fsp3) is 0.692. The van der Waals surface area contributed by atoms with E-state index in [1.807, 2.05) is 33.9 Å². The van der Waals surface area contributed by atoms with E-state index in [9.17, 15) is 0 Å². The van der Waals surface area contributed by atoms with Gasteiger partial charge in [0.1, 0.15) is 18.2 Å². The third-order valence-corrected chi connectivity index (χ3v) is 2.71. The molecule has 0 aliphatic heterocycles. The van der Waals surface area contributed by atoms with Crippen molar-refractivity contribution in [2.75, 3.05) is 37.9 Å². The molecule has 0 spiro atoms. The molecule has 1 aromatic heterocycles. The van der Waals surface area contributed by atoms with Gasteiger partial charge in [-0.3, -0.25) is 0 Å². The van der Waals surface area contributed by atoms with Gasteiger partial charge in [0, 0.05) is 33.4 Å². The maximum atomic E-state index is 5.36. The van der Waals surface area contributed by atoms with Gasteiger partial charge in [0.15, 0.2) is 5.82 Å². The molecule has 6 nitrogen and oxygen atoms in total. The standard InChI is InChI=1S/C13H24N4O2/c1-6-19-8-12-16-10(14-4)7-11(17-12)15-9-13(2,3)18-5/h7H,6,8-9H2,1-5H3,(H2,14,15,16,17). The third kappa shape index (κ3) is 5.40. The lowest BCUT2D eigenvalue weighted by Gasteiger charge is -2.23. The summed E-state index contributed by atoms with van der Waals surface area (Å²) < 4.78 is 10.7. The van der Waals surface area contributed by atoms with E-state index < -0.39 is 0 Å². The molecule has 6 heteroatoms. The lowest BCUT2D eigenvalue weighted by molar-refractivity contribution is 0.0343. The third-order valence-electron chi connectivity index (χ3n) is 2.71. The van der Waals surface area contributed by atoms with Crippen LogP contribution in [0.25, 0.3) is 0 Å². The van der Waals surface area contributed by atoms with Crippen LogP contribution in [0.1, 0.15) is 26.6 Å². The van der Waals surface area contributed by atoms with Crippen molar-refractivity contribution in [1.29, 1.82) is 0 Å². The average molecular weight is 268 g/mol. The van der Waals surface area contributed by atoms with Crippen molar-refractivity contribution in [3.8, 4) is 0 Å². The van der Waals surface area contributed by atoms with Gasteiger partial charge in [-0.2, -0.15) is 0 Å². The van der Waals surface area contributed by atoms with E-state index in [-0.39, 0.29) is 5.60 Å². The van der Waals surface area contributed by atoms with Crippen LogP contribution in [0.15, 0.2) is 6.07 Å². The van der Waals surface area contributed by atoms with Gasteiger partial charge in [-0.15, -0.1) is 0 Å². The molecule has 0 atom stereocenters. The first-order chi connectivity index (χ1) is 9.00. The molecule has 0 aromatic carbocycles. The number of nitrogens with one attached hydrogen (secondary N) is 2. The Morgan fingerprint density at radius 3 is 2.53 bits per heavy atom. The molecule has 0 bridgehead atoms. The number of ether oxygens (including phenoxy) is 2. The van der Waals surface area contributed by atoms with Gasteiger partial charge in [0.2, 0.25) is 0 Å². The first kappa shape index (κ1) is 15.7. The zero-order valence-electron chi connectivity index (χ0n) is 12.4. The van der Waals surface area contributed by atoms with Crippen LogP contribution >= 0.6 is 0 Å². The summed E-state index contributed by atoms with van der Waals surface area (Å²) in [6, 6.07) is 1.86. The number of rotatable bonds is 8. The summed E-state index contributed by atoms with van der Waals surface area (Å²) in [7, 11) is 3.52. The Morgan fingerprint density at radius 1 is 1.26 bits per heavy atom. The number of hydrogen-bond acceptors (Lipinski definition) is 6. The van der Waals surface area contributed by atoms with E-state index in [4.69, 9.17) is 9.47 Å². The van der Waals surface area contributed by atoms with Gasteiger partial charge in [-0.05, 0) is 20.8 Å². The highest BCUT2D eigenvalue weighted by Crippen LogP contribution is 2.14. The Labute approximate surface area is 114 Å². The Kier molecular flexibility index (Phi) is 5.98. The first-order valence-corrected chi connectivity index (χ1v) is 6.43. The van der Waals surface area contributed by atoms with Crippen molar-refractivity contribution in [2.45, 2.75) is 33.0 Å². The smallest absolute Gasteiger partial charge is 0.158 e. The molecule has 0 aliphatic carbocycles. The van der Waals surface area contributed by atoms with Crippen LogP contribution in [0, 0.1) is 0 Å². The molecule has 0 radical (unpaired) electrons.